The summed E-state index contributed by atoms with van der Waals surface area (Å²) >= 11 is 0. The van der Waals surface area contributed by atoms with Gasteiger partial charge in [-0.3, -0.25) is 9.59 Å². The number of benzene rings is 1. The Hall–Kier alpha value is -2.89. The summed E-state index contributed by atoms with van der Waals surface area (Å²) in [6.45, 7) is 2.54. The predicted molar refractivity (Wildman–Crippen MR) is 104 cm³/mol. The third kappa shape index (κ3) is 3.52. The molecule has 0 unspecified atom stereocenters. The number of primary amides is 1. The Kier molecular flexibility index (Phi) is 4.79. The minimum atomic E-state index is -0.431. The van der Waals surface area contributed by atoms with E-state index in [1.54, 1.807) is 18.3 Å². The highest BCUT2D eigenvalue weighted by molar-refractivity contribution is 5.95. The molecule has 140 valence electrons. The van der Waals surface area contributed by atoms with Crippen LogP contribution in [-0.4, -0.2) is 41.3 Å². The molecule has 0 aliphatic carbocycles. The van der Waals surface area contributed by atoms with Crippen molar-refractivity contribution >= 4 is 23.3 Å². The van der Waals surface area contributed by atoms with Crippen LogP contribution in [0.15, 0.2) is 36.5 Å². The highest BCUT2D eigenvalue weighted by Crippen LogP contribution is 2.32. The van der Waals surface area contributed by atoms with Crippen LogP contribution in [0, 0.1) is 0 Å². The molecule has 1 saturated heterocycles. The molecule has 27 heavy (non-hydrogen) atoms. The highest BCUT2D eigenvalue weighted by atomic mass is 16.2. The van der Waals surface area contributed by atoms with Crippen LogP contribution in [0.3, 0.4) is 0 Å². The van der Waals surface area contributed by atoms with E-state index in [9.17, 15) is 9.59 Å². The number of amides is 2. The van der Waals surface area contributed by atoms with E-state index in [2.05, 4.69) is 9.88 Å². The lowest BCUT2D eigenvalue weighted by Gasteiger charge is -2.31. The lowest BCUT2D eigenvalue weighted by atomic mass is 10.0. The minimum Gasteiger partial charge on any atom is -0.366 e. The molecule has 0 bridgehead atoms. The fourth-order valence-electron chi connectivity index (χ4n) is 3.92. The van der Waals surface area contributed by atoms with Crippen LogP contribution >= 0.6 is 0 Å². The molecule has 3 heterocycles. The molecule has 0 atom stereocenters. The van der Waals surface area contributed by atoms with Crippen molar-refractivity contribution in [2.75, 3.05) is 24.5 Å². The lowest BCUT2D eigenvalue weighted by Crippen LogP contribution is -2.36. The zero-order chi connectivity index (χ0) is 18.8. The number of carbonyl (C=O) groups is 2. The molecule has 6 nitrogen and oxygen atoms in total. The molecule has 4 rings (SSSR count). The van der Waals surface area contributed by atoms with Gasteiger partial charge in [-0.25, -0.2) is 4.98 Å². The third-order valence-electron chi connectivity index (χ3n) is 5.38. The molecule has 2 aromatic rings. The van der Waals surface area contributed by atoms with Crippen LogP contribution in [0.4, 0.5) is 11.5 Å². The topological polar surface area (TPSA) is 79.5 Å². The van der Waals surface area contributed by atoms with Crippen molar-refractivity contribution in [2.45, 2.75) is 32.1 Å². The van der Waals surface area contributed by atoms with Crippen LogP contribution in [0.2, 0.25) is 0 Å². The summed E-state index contributed by atoms with van der Waals surface area (Å²) in [7, 11) is 0. The first-order chi connectivity index (χ1) is 13.1. The maximum absolute atomic E-state index is 12.8. The largest absolute Gasteiger partial charge is 0.366 e. The van der Waals surface area contributed by atoms with Gasteiger partial charge in [0, 0.05) is 37.1 Å². The molecule has 6 heteroatoms. The molecular formula is C21H24N4O2. The fraction of sp³-hybridized carbons (Fsp3) is 0.381. The average molecular weight is 364 g/mol. The summed E-state index contributed by atoms with van der Waals surface area (Å²) in [5.74, 6) is 0.552. The van der Waals surface area contributed by atoms with Crippen molar-refractivity contribution in [1.29, 1.82) is 0 Å². The number of fused-ring (bicyclic) bond motifs is 1. The Morgan fingerprint density at radius 3 is 2.37 bits per heavy atom. The normalized spacial score (nSPS) is 16.7. The van der Waals surface area contributed by atoms with Gasteiger partial charge in [0.2, 0.25) is 5.91 Å². The van der Waals surface area contributed by atoms with Crippen LogP contribution in [0.25, 0.3) is 0 Å². The Morgan fingerprint density at radius 1 is 0.926 bits per heavy atom. The molecule has 1 aromatic carbocycles. The van der Waals surface area contributed by atoms with Crippen molar-refractivity contribution in [1.82, 2.24) is 9.88 Å². The number of piperidine rings is 1. The number of anilines is 2. The van der Waals surface area contributed by atoms with Crippen molar-refractivity contribution in [3.05, 3.63) is 53.2 Å². The Morgan fingerprint density at radius 2 is 1.67 bits per heavy atom. The molecule has 2 amide bonds. The van der Waals surface area contributed by atoms with E-state index < -0.39 is 5.91 Å². The standard InChI is InChI=1S/C21H24N4O2/c22-19(26)15-6-8-18(9-7-15)25-12-4-5-16-13-17(14-23-20(16)25)21(27)24-10-2-1-3-11-24/h6-9,13-14H,1-5,10-12H2,(H2,22,26). The van der Waals surface area contributed by atoms with Gasteiger partial charge in [0.05, 0.1) is 5.56 Å². The SMILES string of the molecule is NC(=O)c1ccc(N2CCCc3cc(C(=O)N4CCCCC4)cnc32)cc1. The van der Waals surface area contributed by atoms with Gasteiger partial charge in [-0.05, 0) is 68.0 Å². The highest BCUT2D eigenvalue weighted by Gasteiger charge is 2.24. The molecule has 0 radical (unpaired) electrons. The van der Waals surface area contributed by atoms with E-state index in [-0.39, 0.29) is 5.91 Å². The zero-order valence-corrected chi connectivity index (χ0v) is 15.4. The number of aromatic nitrogens is 1. The summed E-state index contributed by atoms with van der Waals surface area (Å²) in [5.41, 5.74) is 8.57. The first kappa shape index (κ1) is 17.5. The lowest BCUT2D eigenvalue weighted by molar-refractivity contribution is 0.0723. The van der Waals surface area contributed by atoms with E-state index in [1.165, 1.54) is 6.42 Å². The van der Waals surface area contributed by atoms with Crippen molar-refractivity contribution in [3.63, 3.8) is 0 Å². The molecule has 0 saturated carbocycles. The van der Waals surface area contributed by atoms with Crippen LogP contribution in [0.1, 0.15) is 52.0 Å². The van der Waals surface area contributed by atoms with Crippen molar-refractivity contribution in [2.24, 2.45) is 5.73 Å². The number of likely N-dealkylation sites (tertiary alicyclic amines) is 1. The molecule has 2 N–H and O–H groups in total. The second kappa shape index (κ2) is 7.39. The zero-order valence-electron chi connectivity index (χ0n) is 15.4. The first-order valence-electron chi connectivity index (χ1n) is 9.59. The number of nitrogens with zero attached hydrogens (tertiary/aromatic N) is 3. The maximum atomic E-state index is 12.8. The van der Waals surface area contributed by atoms with Gasteiger partial charge in [0.15, 0.2) is 0 Å². The van der Waals surface area contributed by atoms with E-state index in [0.29, 0.717) is 11.1 Å². The van der Waals surface area contributed by atoms with Crippen molar-refractivity contribution < 1.29 is 9.59 Å². The monoisotopic (exact) mass is 364 g/mol. The molecule has 0 spiro atoms. The van der Waals surface area contributed by atoms with Crippen LogP contribution in [-0.2, 0) is 6.42 Å². The van der Waals surface area contributed by atoms with Crippen LogP contribution < -0.4 is 10.6 Å². The Balaban J connectivity index is 1.59. The molecular weight excluding hydrogens is 340 g/mol. The number of rotatable bonds is 3. The number of pyridine rings is 1. The predicted octanol–water partition coefficient (Wildman–Crippen LogP) is 2.89. The first-order valence-corrected chi connectivity index (χ1v) is 9.59. The smallest absolute Gasteiger partial charge is 0.255 e. The van der Waals surface area contributed by atoms with E-state index in [4.69, 9.17) is 5.73 Å². The molecule has 1 aromatic heterocycles. The number of hydrogen-bond acceptors (Lipinski definition) is 4. The Labute approximate surface area is 159 Å². The summed E-state index contributed by atoms with van der Waals surface area (Å²) in [4.78, 5) is 32.8. The second-order valence-electron chi connectivity index (χ2n) is 7.23. The van der Waals surface area contributed by atoms with E-state index in [1.807, 2.05) is 23.1 Å². The summed E-state index contributed by atoms with van der Waals surface area (Å²) in [6.07, 6.45) is 6.98. The number of carbonyl (C=O) groups excluding carboxylic acids is 2. The number of hydrogen-bond donors (Lipinski definition) is 1. The second-order valence-corrected chi connectivity index (χ2v) is 7.23. The minimum absolute atomic E-state index is 0.0907. The number of nitrogens with two attached hydrogens (primary N) is 1. The van der Waals surface area contributed by atoms with Crippen LogP contribution in [0.5, 0.6) is 0 Å². The summed E-state index contributed by atoms with van der Waals surface area (Å²) in [5, 5.41) is 0. The van der Waals surface area contributed by atoms with Gasteiger partial charge in [-0.15, -0.1) is 0 Å². The van der Waals surface area contributed by atoms with Crippen molar-refractivity contribution in [3.8, 4) is 0 Å². The Bertz CT molecular complexity index is 857. The van der Waals surface area contributed by atoms with Gasteiger partial charge in [0.25, 0.3) is 5.91 Å². The molecule has 2 aliphatic heterocycles. The average Bonchev–Trinajstić information content (AvgIpc) is 2.73. The summed E-state index contributed by atoms with van der Waals surface area (Å²) in [6, 6.07) is 9.26. The van der Waals surface area contributed by atoms with E-state index >= 15 is 0 Å². The molecule has 1 fully saturated rings. The third-order valence-corrected chi connectivity index (χ3v) is 5.38. The van der Waals surface area contributed by atoms with Gasteiger partial charge in [-0.1, -0.05) is 0 Å². The quantitative estimate of drug-likeness (QED) is 0.908. The maximum Gasteiger partial charge on any atom is 0.255 e. The van der Waals surface area contributed by atoms with Gasteiger partial charge < -0.3 is 15.5 Å². The van der Waals surface area contributed by atoms with Gasteiger partial charge in [0.1, 0.15) is 5.82 Å². The fourth-order valence-corrected chi connectivity index (χ4v) is 3.92. The van der Waals surface area contributed by atoms with E-state index in [0.717, 1.165) is 62.4 Å². The molecule has 2 aliphatic rings. The number of aryl methyl sites for hydroxylation is 1. The van der Waals surface area contributed by atoms with Gasteiger partial charge in [-0.2, -0.15) is 0 Å². The summed E-state index contributed by atoms with van der Waals surface area (Å²) < 4.78 is 0. The van der Waals surface area contributed by atoms with Gasteiger partial charge >= 0.3 is 0 Å².